The molecule has 0 bridgehead atoms. The Hall–Kier alpha value is -0.740. The van der Waals surface area contributed by atoms with Crippen LogP contribution in [0.4, 0.5) is 0 Å². The average molecular weight is 294 g/mol. The summed E-state index contributed by atoms with van der Waals surface area (Å²) in [5.74, 6) is 0.246. The molecule has 0 amide bonds. The Balaban J connectivity index is 3.07. The predicted octanol–water partition coefficient (Wildman–Crippen LogP) is 2.83. The van der Waals surface area contributed by atoms with E-state index in [1.165, 1.54) is 14.2 Å². The number of carbonyl (C=O) groups is 1. The van der Waals surface area contributed by atoms with E-state index in [1.807, 2.05) is 0 Å². The molecule has 1 aromatic carbocycles. The van der Waals surface area contributed by atoms with Crippen molar-refractivity contribution >= 4 is 33.5 Å². The lowest BCUT2D eigenvalue weighted by atomic mass is 10.1. The average Bonchev–Trinajstić information content (AvgIpc) is 2.24. The molecular weight excluding hydrogens is 283 g/mol. The zero-order valence-electron chi connectivity index (χ0n) is 8.34. The molecule has 0 unspecified atom stereocenters. The Morgan fingerprint density at radius 3 is 2.67 bits per heavy atom. The summed E-state index contributed by atoms with van der Waals surface area (Å²) in [6.45, 7) is 0. The van der Waals surface area contributed by atoms with Crippen LogP contribution in [-0.2, 0) is 16.0 Å². The molecule has 0 spiro atoms. The molecule has 0 atom stereocenters. The predicted molar refractivity (Wildman–Crippen MR) is 61.4 cm³/mol. The molecule has 0 aromatic heterocycles. The molecule has 5 heteroatoms. The Labute approximate surface area is 101 Å². The number of hydrogen-bond donors (Lipinski definition) is 0. The van der Waals surface area contributed by atoms with Crippen molar-refractivity contribution in [2.75, 3.05) is 14.2 Å². The maximum atomic E-state index is 11.1. The van der Waals surface area contributed by atoms with Crippen LogP contribution in [0, 0.1) is 0 Å². The molecule has 15 heavy (non-hydrogen) atoms. The highest BCUT2D eigenvalue weighted by molar-refractivity contribution is 9.10. The van der Waals surface area contributed by atoms with E-state index in [0.29, 0.717) is 15.2 Å². The minimum Gasteiger partial charge on any atom is -0.495 e. The van der Waals surface area contributed by atoms with Crippen molar-refractivity contribution in [3.63, 3.8) is 0 Å². The van der Waals surface area contributed by atoms with Gasteiger partial charge in [-0.3, -0.25) is 4.79 Å². The quantitative estimate of drug-likeness (QED) is 0.804. The molecule has 0 aliphatic carbocycles. The van der Waals surface area contributed by atoms with Gasteiger partial charge in [0.1, 0.15) is 5.75 Å². The Bertz CT molecular complexity index is 379. The number of esters is 1. The van der Waals surface area contributed by atoms with Gasteiger partial charge in [0, 0.05) is 5.56 Å². The lowest BCUT2D eigenvalue weighted by Gasteiger charge is -2.10. The van der Waals surface area contributed by atoms with E-state index >= 15 is 0 Å². The fourth-order valence-corrected chi connectivity index (χ4v) is 1.86. The maximum absolute atomic E-state index is 11.1. The first-order valence-electron chi connectivity index (χ1n) is 4.17. The summed E-state index contributed by atoms with van der Waals surface area (Å²) < 4.78 is 10.4. The number of hydrogen-bond acceptors (Lipinski definition) is 3. The van der Waals surface area contributed by atoms with Crippen molar-refractivity contribution in [1.82, 2.24) is 0 Å². The Morgan fingerprint density at radius 2 is 2.13 bits per heavy atom. The molecular formula is C10H10BrClO3. The number of rotatable bonds is 3. The Kier molecular flexibility index (Phi) is 4.42. The van der Waals surface area contributed by atoms with Gasteiger partial charge in [-0.1, -0.05) is 17.7 Å². The van der Waals surface area contributed by atoms with Crippen LogP contribution in [0.3, 0.4) is 0 Å². The number of methoxy groups -OCH3 is 2. The molecule has 0 saturated carbocycles. The molecule has 0 N–H and O–H groups in total. The van der Waals surface area contributed by atoms with Crippen LogP contribution in [0.5, 0.6) is 5.75 Å². The van der Waals surface area contributed by atoms with Gasteiger partial charge in [0.15, 0.2) is 0 Å². The first-order chi connectivity index (χ1) is 7.10. The van der Waals surface area contributed by atoms with Gasteiger partial charge in [-0.15, -0.1) is 0 Å². The van der Waals surface area contributed by atoms with E-state index in [9.17, 15) is 4.79 Å². The number of benzene rings is 1. The number of ether oxygens (including phenoxy) is 2. The fourth-order valence-electron chi connectivity index (χ4n) is 1.16. The molecule has 0 aliphatic heterocycles. The summed E-state index contributed by atoms with van der Waals surface area (Å²) in [6.07, 6.45) is 0.162. The molecule has 1 rings (SSSR count). The van der Waals surface area contributed by atoms with Gasteiger partial charge in [0.25, 0.3) is 0 Å². The molecule has 1 aromatic rings. The van der Waals surface area contributed by atoms with Crippen LogP contribution < -0.4 is 4.74 Å². The van der Waals surface area contributed by atoms with Crippen molar-refractivity contribution in [3.8, 4) is 5.75 Å². The topological polar surface area (TPSA) is 35.5 Å². The third-order valence-electron chi connectivity index (χ3n) is 1.90. The third kappa shape index (κ3) is 2.86. The second-order valence-electron chi connectivity index (χ2n) is 2.81. The third-order valence-corrected chi connectivity index (χ3v) is 3.23. The zero-order valence-corrected chi connectivity index (χ0v) is 10.7. The lowest BCUT2D eigenvalue weighted by molar-refractivity contribution is -0.139. The van der Waals surface area contributed by atoms with Gasteiger partial charge < -0.3 is 9.47 Å². The van der Waals surface area contributed by atoms with Gasteiger partial charge in [-0.25, -0.2) is 0 Å². The largest absolute Gasteiger partial charge is 0.495 e. The van der Waals surface area contributed by atoms with Gasteiger partial charge in [-0.2, -0.15) is 0 Å². The fraction of sp³-hybridized carbons (Fsp3) is 0.300. The minimum absolute atomic E-state index is 0.162. The zero-order chi connectivity index (χ0) is 11.4. The highest BCUT2D eigenvalue weighted by atomic mass is 79.9. The van der Waals surface area contributed by atoms with E-state index in [-0.39, 0.29) is 12.4 Å². The SMILES string of the molecule is COC(=O)Cc1ccc(Cl)c(Br)c1OC. The van der Waals surface area contributed by atoms with E-state index in [4.69, 9.17) is 16.3 Å². The first-order valence-corrected chi connectivity index (χ1v) is 5.35. The summed E-state index contributed by atoms with van der Waals surface area (Å²) in [7, 11) is 2.87. The van der Waals surface area contributed by atoms with Gasteiger partial charge in [0.2, 0.25) is 0 Å². The summed E-state index contributed by atoms with van der Waals surface area (Å²) in [6, 6.07) is 3.44. The molecule has 0 radical (unpaired) electrons. The van der Waals surface area contributed by atoms with Crippen LogP contribution in [0.25, 0.3) is 0 Å². The smallest absolute Gasteiger partial charge is 0.310 e. The molecule has 0 heterocycles. The van der Waals surface area contributed by atoms with Gasteiger partial charge in [-0.05, 0) is 22.0 Å². The van der Waals surface area contributed by atoms with Gasteiger partial charge in [0.05, 0.1) is 30.1 Å². The minimum atomic E-state index is -0.317. The van der Waals surface area contributed by atoms with Crippen molar-refractivity contribution < 1.29 is 14.3 Å². The van der Waals surface area contributed by atoms with Crippen LogP contribution in [0.2, 0.25) is 5.02 Å². The van der Waals surface area contributed by atoms with Crippen molar-refractivity contribution in [2.24, 2.45) is 0 Å². The highest BCUT2D eigenvalue weighted by Gasteiger charge is 2.13. The van der Waals surface area contributed by atoms with Crippen LogP contribution in [0.15, 0.2) is 16.6 Å². The summed E-state index contributed by atoms with van der Waals surface area (Å²) in [5.41, 5.74) is 0.737. The Morgan fingerprint density at radius 1 is 1.47 bits per heavy atom. The normalized spacial score (nSPS) is 9.87. The monoisotopic (exact) mass is 292 g/mol. The summed E-state index contributed by atoms with van der Waals surface area (Å²) in [5, 5.41) is 0.542. The summed E-state index contributed by atoms with van der Waals surface area (Å²) >= 11 is 9.19. The van der Waals surface area contributed by atoms with E-state index < -0.39 is 0 Å². The van der Waals surface area contributed by atoms with E-state index in [0.717, 1.165) is 5.56 Å². The second kappa shape index (κ2) is 5.37. The van der Waals surface area contributed by atoms with Crippen molar-refractivity contribution in [1.29, 1.82) is 0 Å². The molecule has 3 nitrogen and oxygen atoms in total. The van der Waals surface area contributed by atoms with Crippen molar-refractivity contribution in [2.45, 2.75) is 6.42 Å². The first kappa shape index (κ1) is 12.3. The van der Waals surface area contributed by atoms with Gasteiger partial charge >= 0.3 is 5.97 Å². The maximum Gasteiger partial charge on any atom is 0.310 e. The van der Waals surface area contributed by atoms with Crippen LogP contribution >= 0.6 is 27.5 Å². The lowest BCUT2D eigenvalue weighted by Crippen LogP contribution is -2.06. The highest BCUT2D eigenvalue weighted by Crippen LogP contribution is 2.35. The number of carbonyl (C=O) groups excluding carboxylic acids is 1. The standard InChI is InChI=1S/C10H10BrClO3/c1-14-8(13)5-6-3-4-7(12)9(11)10(6)15-2/h3-4H,5H2,1-2H3. The van der Waals surface area contributed by atoms with Crippen LogP contribution in [-0.4, -0.2) is 20.2 Å². The second-order valence-corrected chi connectivity index (χ2v) is 4.01. The van der Waals surface area contributed by atoms with E-state index in [1.54, 1.807) is 12.1 Å². The molecule has 0 fully saturated rings. The summed E-state index contributed by atoms with van der Waals surface area (Å²) in [4.78, 5) is 11.1. The van der Waals surface area contributed by atoms with Crippen molar-refractivity contribution in [3.05, 3.63) is 27.2 Å². The molecule has 0 saturated heterocycles. The van der Waals surface area contributed by atoms with Crippen LogP contribution in [0.1, 0.15) is 5.56 Å². The van der Waals surface area contributed by atoms with E-state index in [2.05, 4.69) is 20.7 Å². The molecule has 82 valence electrons. The molecule has 0 aliphatic rings. The number of halogens is 2.